The normalized spacial score (nSPS) is 12.7. The molecule has 0 radical (unpaired) electrons. The van der Waals surface area contributed by atoms with Gasteiger partial charge >= 0.3 is 6.18 Å². The summed E-state index contributed by atoms with van der Waals surface area (Å²) in [4.78, 5) is 17.0. The van der Waals surface area contributed by atoms with Gasteiger partial charge in [-0.15, -0.1) is 0 Å². The van der Waals surface area contributed by atoms with Crippen LogP contribution in [0.5, 0.6) is 0 Å². The number of halogens is 4. The van der Waals surface area contributed by atoms with Crippen LogP contribution in [-0.4, -0.2) is 26.5 Å². The quantitative estimate of drug-likeness (QED) is 0.322. The molecular weight excluding hydrogens is 487 g/mol. The average Bonchev–Trinajstić information content (AvgIpc) is 3.29. The number of hydrogen-bond donors (Lipinski definition) is 2. The second-order valence-corrected chi connectivity index (χ2v) is 7.95. The third-order valence-corrected chi connectivity index (χ3v) is 5.55. The Morgan fingerprint density at radius 3 is 2.41 bits per heavy atom. The number of benzene rings is 3. The molecule has 0 unspecified atom stereocenters. The fraction of sp³-hybridized carbons (Fsp3) is 0.0435. The minimum Gasteiger partial charge on any atom is -0.395 e. The number of allylic oxidation sites excluding steroid dienone is 2. The highest BCUT2D eigenvalue weighted by molar-refractivity contribution is 7.00. The van der Waals surface area contributed by atoms with E-state index in [0.29, 0.717) is 22.3 Å². The van der Waals surface area contributed by atoms with E-state index in [4.69, 9.17) is 17.3 Å². The van der Waals surface area contributed by atoms with Crippen LogP contribution in [0, 0.1) is 0 Å². The number of aliphatic imine (C=N–C) groups is 1. The molecule has 0 atom stereocenters. The summed E-state index contributed by atoms with van der Waals surface area (Å²) in [5.41, 5.74) is 6.46. The van der Waals surface area contributed by atoms with Crippen molar-refractivity contribution in [2.75, 3.05) is 5.32 Å². The molecule has 172 valence electrons. The van der Waals surface area contributed by atoms with Crippen molar-refractivity contribution in [2.24, 2.45) is 10.7 Å². The van der Waals surface area contributed by atoms with Gasteiger partial charge in [0.1, 0.15) is 16.7 Å². The van der Waals surface area contributed by atoms with Gasteiger partial charge < -0.3 is 11.1 Å². The standard InChI is InChI=1S/C23H15ClF3N5OS/c24-15-4-1-2-5-16(15)29-19(12-20(28)23(25,26)27)13-8-10-14(11-9-13)22(33)30-17-6-3-7-18-21(17)32-34-31-18/h1-12H,28H2,(H,30,33)/b20-12-,29-19?. The lowest BCUT2D eigenvalue weighted by molar-refractivity contribution is -0.0925. The van der Waals surface area contributed by atoms with E-state index in [1.54, 1.807) is 42.5 Å². The van der Waals surface area contributed by atoms with Crippen molar-refractivity contribution < 1.29 is 18.0 Å². The predicted octanol–water partition coefficient (Wildman–Crippen LogP) is 6.12. The zero-order valence-electron chi connectivity index (χ0n) is 17.2. The Morgan fingerprint density at radius 2 is 1.71 bits per heavy atom. The van der Waals surface area contributed by atoms with Crippen molar-refractivity contribution in [1.29, 1.82) is 0 Å². The van der Waals surface area contributed by atoms with E-state index in [9.17, 15) is 18.0 Å². The van der Waals surface area contributed by atoms with Crippen LogP contribution in [0.15, 0.2) is 83.5 Å². The molecule has 1 heterocycles. The Kier molecular flexibility index (Phi) is 6.62. The van der Waals surface area contributed by atoms with Crippen molar-refractivity contribution >= 4 is 57.4 Å². The van der Waals surface area contributed by atoms with E-state index in [0.717, 1.165) is 17.8 Å². The van der Waals surface area contributed by atoms with Crippen LogP contribution in [0.1, 0.15) is 15.9 Å². The molecule has 3 aromatic carbocycles. The second-order valence-electron chi connectivity index (χ2n) is 7.01. The fourth-order valence-electron chi connectivity index (χ4n) is 2.98. The number of aromatic nitrogens is 2. The number of anilines is 1. The van der Waals surface area contributed by atoms with Crippen molar-refractivity contribution in [1.82, 2.24) is 8.75 Å². The number of nitrogens with zero attached hydrogens (tertiary/aromatic N) is 3. The van der Waals surface area contributed by atoms with Crippen LogP contribution >= 0.6 is 23.3 Å². The predicted molar refractivity (Wildman–Crippen MR) is 128 cm³/mol. The first-order valence-corrected chi connectivity index (χ1v) is 10.8. The molecular formula is C23H15ClF3N5OS. The largest absolute Gasteiger partial charge is 0.430 e. The van der Waals surface area contributed by atoms with Crippen LogP contribution < -0.4 is 11.1 Å². The number of amides is 1. The maximum absolute atomic E-state index is 13.1. The molecule has 0 aliphatic rings. The van der Waals surface area contributed by atoms with Crippen LogP contribution in [-0.2, 0) is 0 Å². The summed E-state index contributed by atoms with van der Waals surface area (Å²) in [6, 6.07) is 17.6. The minimum absolute atomic E-state index is 0.0619. The fourth-order valence-corrected chi connectivity index (χ4v) is 3.70. The lowest BCUT2D eigenvalue weighted by atomic mass is 10.1. The van der Waals surface area contributed by atoms with Crippen molar-refractivity contribution in [2.45, 2.75) is 6.18 Å². The first-order chi connectivity index (χ1) is 16.2. The van der Waals surface area contributed by atoms with E-state index in [2.05, 4.69) is 19.1 Å². The number of hydrogen-bond acceptors (Lipinski definition) is 6. The molecule has 0 saturated heterocycles. The maximum Gasteiger partial charge on any atom is 0.430 e. The topological polar surface area (TPSA) is 93.3 Å². The summed E-state index contributed by atoms with van der Waals surface area (Å²) in [6.07, 6.45) is -4.00. The Labute approximate surface area is 200 Å². The van der Waals surface area contributed by atoms with Crippen LogP contribution in [0.3, 0.4) is 0 Å². The number of fused-ring (bicyclic) bond motifs is 1. The molecule has 6 nitrogen and oxygen atoms in total. The summed E-state index contributed by atoms with van der Waals surface area (Å²) in [7, 11) is 0. The lowest BCUT2D eigenvalue weighted by Crippen LogP contribution is -2.21. The molecule has 0 spiro atoms. The zero-order valence-corrected chi connectivity index (χ0v) is 18.7. The Bertz CT molecular complexity index is 1410. The van der Waals surface area contributed by atoms with E-state index in [-0.39, 0.29) is 22.0 Å². The molecule has 0 saturated carbocycles. The van der Waals surface area contributed by atoms with Gasteiger partial charge in [-0.1, -0.05) is 41.9 Å². The number of nitrogens with two attached hydrogens (primary N) is 1. The zero-order chi connectivity index (χ0) is 24.3. The van der Waals surface area contributed by atoms with E-state index in [1.165, 1.54) is 24.3 Å². The second kappa shape index (κ2) is 9.62. The van der Waals surface area contributed by atoms with Gasteiger partial charge in [0.15, 0.2) is 0 Å². The van der Waals surface area contributed by atoms with Gasteiger partial charge in [0.05, 0.1) is 33.8 Å². The van der Waals surface area contributed by atoms with Crippen molar-refractivity contribution in [3.05, 3.63) is 94.7 Å². The Morgan fingerprint density at radius 1 is 1.00 bits per heavy atom. The molecule has 1 aromatic heterocycles. The van der Waals surface area contributed by atoms with Gasteiger partial charge in [0, 0.05) is 11.1 Å². The highest BCUT2D eigenvalue weighted by Gasteiger charge is 2.31. The van der Waals surface area contributed by atoms with Gasteiger partial charge in [-0.05, 0) is 42.5 Å². The maximum atomic E-state index is 13.1. The number of carbonyl (C=O) groups is 1. The molecule has 0 aliphatic carbocycles. The van der Waals surface area contributed by atoms with Crippen LogP contribution in [0.4, 0.5) is 24.5 Å². The number of rotatable bonds is 5. The third-order valence-electron chi connectivity index (χ3n) is 4.69. The highest BCUT2D eigenvalue weighted by atomic mass is 35.5. The van der Waals surface area contributed by atoms with Gasteiger partial charge in [0.25, 0.3) is 5.91 Å². The SMILES string of the molecule is N/C(=C\C(=Nc1ccccc1Cl)c1ccc(C(=O)Nc2cccc3nsnc23)cc1)C(F)(F)F. The van der Waals surface area contributed by atoms with E-state index in [1.807, 2.05) is 0 Å². The lowest BCUT2D eigenvalue weighted by Gasteiger charge is -2.10. The van der Waals surface area contributed by atoms with Gasteiger partial charge in [0.2, 0.25) is 0 Å². The number of nitrogens with one attached hydrogen (secondary N) is 1. The number of carbonyl (C=O) groups excluding carboxylic acids is 1. The Hall–Kier alpha value is -3.76. The molecule has 0 aliphatic heterocycles. The molecule has 34 heavy (non-hydrogen) atoms. The smallest absolute Gasteiger partial charge is 0.395 e. The number of alkyl halides is 3. The molecule has 0 fully saturated rings. The summed E-state index contributed by atoms with van der Waals surface area (Å²) in [5.74, 6) is -0.415. The average molecular weight is 502 g/mol. The van der Waals surface area contributed by atoms with E-state index < -0.39 is 17.8 Å². The summed E-state index contributed by atoms with van der Waals surface area (Å²) >= 11 is 7.15. The van der Waals surface area contributed by atoms with Crippen LogP contribution in [0.25, 0.3) is 11.0 Å². The first kappa shape index (κ1) is 23.4. The molecule has 4 aromatic rings. The van der Waals surface area contributed by atoms with E-state index >= 15 is 0 Å². The molecule has 3 N–H and O–H groups in total. The highest BCUT2D eigenvalue weighted by Crippen LogP contribution is 2.27. The molecule has 4 rings (SSSR count). The summed E-state index contributed by atoms with van der Waals surface area (Å²) in [5, 5.41) is 3.04. The third kappa shape index (κ3) is 5.24. The van der Waals surface area contributed by atoms with Crippen LogP contribution in [0.2, 0.25) is 5.02 Å². The molecule has 1 amide bonds. The van der Waals surface area contributed by atoms with Gasteiger partial charge in [-0.25, -0.2) is 4.99 Å². The monoisotopic (exact) mass is 501 g/mol. The summed E-state index contributed by atoms with van der Waals surface area (Å²) in [6.45, 7) is 0. The van der Waals surface area contributed by atoms with Crippen molar-refractivity contribution in [3.8, 4) is 0 Å². The van der Waals surface area contributed by atoms with Gasteiger partial charge in [-0.3, -0.25) is 4.79 Å². The molecule has 0 bridgehead atoms. The minimum atomic E-state index is -4.73. The number of para-hydroxylation sites is 1. The summed E-state index contributed by atoms with van der Waals surface area (Å²) < 4.78 is 47.5. The molecule has 11 heteroatoms. The Balaban J connectivity index is 1.65. The first-order valence-electron chi connectivity index (χ1n) is 9.73. The van der Waals surface area contributed by atoms with Crippen molar-refractivity contribution in [3.63, 3.8) is 0 Å². The van der Waals surface area contributed by atoms with Gasteiger partial charge in [-0.2, -0.15) is 21.9 Å².